The molecule has 1 aromatic heterocycles. The molecule has 1 heterocycles. The second kappa shape index (κ2) is 10.1. The molecule has 0 atom stereocenters. The van der Waals surface area contributed by atoms with E-state index in [1.807, 2.05) is 44.2 Å². The monoisotopic (exact) mass is 433 g/mol. The lowest BCUT2D eigenvalue weighted by Gasteiger charge is -2.19. The zero-order valence-corrected chi connectivity index (χ0v) is 17.9. The fraction of sp³-hybridized carbons (Fsp3) is 0.261. The standard InChI is InChI=1S/C21H17F4N3O.C2H6/c1-11-14(18(23)20(25)19(24)17(11)22)9-16(29)28(3)21-12(2)27-15(10-26-21)13-7-5-4-6-8-13;1-2/h4-8,10H,9H2,1-3H3;1-2H3. The molecule has 2 aromatic carbocycles. The minimum absolute atomic E-state index is 0.218. The predicted molar refractivity (Wildman–Crippen MR) is 112 cm³/mol. The second-order valence-electron chi connectivity index (χ2n) is 6.52. The summed E-state index contributed by atoms with van der Waals surface area (Å²) in [5.41, 5.74) is 0.905. The van der Waals surface area contributed by atoms with Crippen LogP contribution in [-0.4, -0.2) is 22.9 Å². The molecule has 3 aromatic rings. The lowest BCUT2D eigenvalue weighted by Crippen LogP contribution is -2.30. The Hall–Kier alpha value is -3.29. The van der Waals surface area contributed by atoms with Gasteiger partial charge in [-0.1, -0.05) is 44.2 Å². The van der Waals surface area contributed by atoms with Crippen molar-refractivity contribution in [1.29, 1.82) is 0 Å². The SMILES string of the molecule is CC.Cc1nc(-c2ccccc2)cnc1N(C)C(=O)Cc1c(C)c(F)c(F)c(F)c1F. The highest BCUT2D eigenvalue weighted by atomic mass is 19.2. The average molecular weight is 433 g/mol. The topological polar surface area (TPSA) is 46.1 Å². The zero-order valence-electron chi connectivity index (χ0n) is 17.9. The third-order valence-electron chi connectivity index (χ3n) is 4.64. The van der Waals surface area contributed by atoms with Crippen LogP contribution >= 0.6 is 0 Å². The van der Waals surface area contributed by atoms with Crippen molar-refractivity contribution in [3.63, 3.8) is 0 Å². The van der Waals surface area contributed by atoms with Crippen LogP contribution in [0.15, 0.2) is 36.5 Å². The minimum Gasteiger partial charge on any atom is -0.298 e. The first kappa shape index (κ1) is 24.0. The van der Waals surface area contributed by atoms with Gasteiger partial charge in [0.05, 0.1) is 24.0 Å². The van der Waals surface area contributed by atoms with E-state index in [2.05, 4.69) is 9.97 Å². The Bertz CT molecular complexity index is 1060. The number of hydrogen-bond donors (Lipinski definition) is 0. The van der Waals surface area contributed by atoms with Gasteiger partial charge >= 0.3 is 0 Å². The van der Waals surface area contributed by atoms with Crippen LogP contribution in [0.1, 0.15) is 30.7 Å². The van der Waals surface area contributed by atoms with E-state index in [1.54, 1.807) is 6.92 Å². The Kier molecular flexibility index (Phi) is 7.85. The molecule has 0 saturated carbocycles. The Morgan fingerprint density at radius 2 is 1.52 bits per heavy atom. The summed E-state index contributed by atoms with van der Waals surface area (Å²) >= 11 is 0. The van der Waals surface area contributed by atoms with Crippen molar-refractivity contribution in [2.45, 2.75) is 34.1 Å². The number of halogens is 4. The number of aromatic nitrogens is 2. The van der Waals surface area contributed by atoms with E-state index in [0.717, 1.165) is 17.4 Å². The number of benzene rings is 2. The van der Waals surface area contributed by atoms with Gasteiger partial charge in [-0.2, -0.15) is 0 Å². The first-order chi connectivity index (χ1) is 14.7. The first-order valence-electron chi connectivity index (χ1n) is 9.69. The molecule has 31 heavy (non-hydrogen) atoms. The van der Waals surface area contributed by atoms with Gasteiger partial charge in [0.1, 0.15) is 0 Å². The Morgan fingerprint density at radius 3 is 2.10 bits per heavy atom. The highest BCUT2D eigenvalue weighted by Gasteiger charge is 2.26. The molecule has 0 fully saturated rings. The third-order valence-corrected chi connectivity index (χ3v) is 4.64. The molecule has 0 aliphatic carbocycles. The van der Waals surface area contributed by atoms with Crippen LogP contribution < -0.4 is 4.90 Å². The maximum atomic E-state index is 14.1. The van der Waals surface area contributed by atoms with E-state index in [9.17, 15) is 22.4 Å². The van der Waals surface area contributed by atoms with Crippen LogP contribution in [0.3, 0.4) is 0 Å². The van der Waals surface area contributed by atoms with Crippen LogP contribution in [0.4, 0.5) is 23.4 Å². The molecule has 0 bridgehead atoms. The van der Waals surface area contributed by atoms with Gasteiger partial charge in [-0.05, 0) is 19.4 Å². The molecule has 0 aliphatic rings. The van der Waals surface area contributed by atoms with E-state index in [-0.39, 0.29) is 5.82 Å². The van der Waals surface area contributed by atoms with E-state index >= 15 is 0 Å². The van der Waals surface area contributed by atoms with Gasteiger partial charge in [0.25, 0.3) is 0 Å². The molecule has 0 N–H and O–H groups in total. The quantitative estimate of drug-likeness (QED) is 0.308. The van der Waals surface area contributed by atoms with E-state index in [0.29, 0.717) is 11.4 Å². The number of amides is 1. The summed E-state index contributed by atoms with van der Waals surface area (Å²) in [6.07, 6.45) is 0.828. The fourth-order valence-corrected chi connectivity index (χ4v) is 2.94. The van der Waals surface area contributed by atoms with Crippen molar-refractivity contribution in [2.75, 3.05) is 11.9 Å². The Morgan fingerprint density at radius 1 is 0.935 bits per heavy atom. The fourth-order valence-electron chi connectivity index (χ4n) is 2.94. The van der Waals surface area contributed by atoms with Gasteiger partial charge < -0.3 is 0 Å². The van der Waals surface area contributed by atoms with Gasteiger partial charge in [0.2, 0.25) is 5.91 Å². The average Bonchev–Trinajstić information content (AvgIpc) is 2.80. The second-order valence-corrected chi connectivity index (χ2v) is 6.52. The number of rotatable bonds is 4. The molecule has 164 valence electrons. The van der Waals surface area contributed by atoms with Crippen LogP contribution in [0.2, 0.25) is 0 Å². The molecule has 0 spiro atoms. The highest BCUT2D eigenvalue weighted by molar-refractivity contribution is 5.94. The van der Waals surface area contributed by atoms with Gasteiger partial charge in [0, 0.05) is 18.2 Å². The predicted octanol–water partition coefficient (Wildman–Crippen LogP) is 5.55. The van der Waals surface area contributed by atoms with Crippen molar-refractivity contribution < 1.29 is 22.4 Å². The van der Waals surface area contributed by atoms with Gasteiger partial charge in [-0.15, -0.1) is 0 Å². The maximum absolute atomic E-state index is 14.1. The van der Waals surface area contributed by atoms with Gasteiger partial charge in [0.15, 0.2) is 29.1 Å². The van der Waals surface area contributed by atoms with Crippen molar-refractivity contribution >= 4 is 11.7 Å². The van der Waals surface area contributed by atoms with Crippen molar-refractivity contribution in [3.8, 4) is 11.3 Å². The van der Waals surface area contributed by atoms with E-state index in [4.69, 9.17) is 0 Å². The van der Waals surface area contributed by atoms with Gasteiger partial charge in [-0.25, -0.2) is 27.5 Å². The van der Waals surface area contributed by atoms with Crippen molar-refractivity contribution in [3.05, 3.63) is 76.6 Å². The highest BCUT2D eigenvalue weighted by Crippen LogP contribution is 2.26. The van der Waals surface area contributed by atoms with Gasteiger partial charge in [-0.3, -0.25) is 9.69 Å². The summed E-state index contributed by atoms with van der Waals surface area (Å²) in [5.74, 6) is -7.40. The van der Waals surface area contributed by atoms with E-state index in [1.165, 1.54) is 13.2 Å². The number of aryl methyl sites for hydroxylation is 1. The number of anilines is 1. The molecule has 0 radical (unpaired) electrons. The number of carbonyl (C=O) groups excluding carboxylic acids is 1. The van der Waals surface area contributed by atoms with Crippen LogP contribution in [0, 0.1) is 37.1 Å². The molecule has 8 heteroatoms. The Balaban J connectivity index is 0.00000166. The summed E-state index contributed by atoms with van der Waals surface area (Å²) in [4.78, 5) is 22.4. The minimum atomic E-state index is -1.94. The van der Waals surface area contributed by atoms with Crippen LogP contribution in [0.5, 0.6) is 0 Å². The summed E-state index contributed by atoms with van der Waals surface area (Å²) in [6.45, 7) is 6.74. The molecule has 0 unspecified atom stereocenters. The zero-order chi connectivity index (χ0) is 23.3. The number of likely N-dealkylation sites (N-methyl/N-ethyl adjacent to an activating group) is 1. The lowest BCUT2D eigenvalue weighted by atomic mass is 10.0. The van der Waals surface area contributed by atoms with E-state index < -0.39 is 46.7 Å². The Labute approximate surface area is 178 Å². The normalized spacial score (nSPS) is 10.4. The number of hydrogen-bond acceptors (Lipinski definition) is 3. The van der Waals surface area contributed by atoms with Crippen LogP contribution in [-0.2, 0) is 11.2 Å². The molecular weight excluding hydrogens is 410 g/mol. The molecule has 4 nitrogen and oxygen atoms in total. The number of nitrogens with zero attached hydrogens (tertiary/aromatic N) is 3. The molecular formula is C23H23F4N3O. The maximum Gasteiger partial charge on any atom is 0.232 e. The summed E-state index contributed by atoms with van der Waals surface area (Å²) < 4.78 is 54.7. The summed E-state index contributed by atoms with van der Waals surface area (Å²) in [5, 5.41) is 0. The van der Waals surface area contributed by atoms with Crippen molar-refractivity contribution in [2.24, 2.45) is 0 Å². The number of carbonyl (C=O) groups is 1. The lowest BCUT2D eigenvalue weighted by molar-refractivity contribution is -0.117. The van der Waals surface area contributed by atoms with Crippen LogP contribution in [0.25, 0.3) is 11.3 Å². The third kappa shape index (κ3) is 4.90. The molecule has 3 rings (SSSR count). The largest absolute Gasteiger partial charge is 0.298 e. The summed E-state index contributed by atoms with van der Waals surface area (Å²) in [7, 11) is 1.39. The molecule has 0 aliphatic heterocycles. The molecule has 1 amide bonds. The van der Waals surface area contributed by atoms with Crippen molar-refractivity contribution in [1.82, 2.24) is 9.97 Å². The summed E-state index contributed by atoms with van der Waals surface area (Å²) in [6, 6.07) is 9.30. The smallest absolute Gasteiger partial charge is 0.232 e. The first-order valence-corrected chi connectivity index (χ1v) is 9.69. The molecule has 0 saturated heterocycles.